The fourth-order valence-corrected chi connectivity index (χ4v) is 1.63. The number of rotatable bonds is 2. The number of nitrogens with two attached hydrogens (primary N) is 1. The molecule has 2 aromatic rings. The van der Waals surface area contributed by atoms with Gasteiger partial charge >= 0.3 is 5.69 Å². The lowest BCUT2D eigenvalue weighted by Crippen LogP contribution is -2.22. The van der Waals surface area contributed by atoms with Gasteiger partial charge in [0.2, 0.25) is 0 Å². The predicted octanol–water partition coefficient (Wildman–Crippen LogP) is 0.293. The summed E-state index contributed by atoms with van der Waals surface area (Å²) < 4.78 is 1.50. The Bertz CT molecular complexity index is 539. The van der Waals surface area contributed by atoms with E-state index < -0.39 is 6.10 Å². The molecule has 0 amide bonds. The van der Waals surface area contributed by atoms with Crippen molar-refractivity contribution in [1.82, 2.24) is 9.55 Å². The summed E-state index contributed by atoms with van der Waals surface area (Å²) in [5.41, 5.74) is 7.44. The third kappa shape index (κ3) is 1.73. The average molecular weight is 207 g/mol. The van der Waals surface area contributed by atoms with E-state index in [4.69, 9.17) is 5.73 Å². The number of benzene rings is 1. The van der Waals surface area contributed by atoms with Crippen LogP contribution in [0.3, 0.4) is 0 Å². The van der Waals surface area contributed by atoms with Gasteiger partial charge in [-0.15, -0.1) is 0 Å². The number of nitrogens with zero attached hydrogens (tertiary/aromatic N) is 1. The van der Waals surface area contributed by atoms with Gasteiger partial charge in [0.25, 0.3) is 0 Å². The van der Waals surface area contributed by atoms with Gasteiger partial charge in [0, 0.05) is 5.69 Å². The Morgan fingerprint density at radius 1 is 1.60 bits per heavy atom. The molecule has 0 radical (unpaired) electrons. The smallest absolute Gasteiger partial charge is 0.326 e. The van der Waals surface area contributed by atoms with Crippen LogP contribution in [-0.4, -0.2) is 20.8 Å². The number of fused-ring (bicyclic) bond motifs is 1. The maximum absolute atomic E-state index is 11.5. The standard InChI is InChI=1S/C10H13N3O2/c1-6(14)5-13-9-3-2-7(11)4-8(9)12-10(13)15/h2-4,6,14H,5,11H2,1H3,(H,12,15). The third-order valence-corrected chi connectivity index (χ3v) is 2.24. The van der Waals surface area contributed by atoms with Crippen molar-refractivity contribution < 1.29 is 5.11 Å². The maximum atomic E-state index is 11.5. The van der Waals surface area contributed by atoms with Crippen molar-refractivity contribution in [1.29, 1.82) is 0 Å². The summed E-state index contributed by atoms with van der Waals surface area (Å²) in [6.07, 6.45) is -0.556. The molecular weight excluding hydrogens is 194 g/mol. The fraction of sp³-hybridized carbons (Fsp3) is 0.300. The molecule has 5 heteroatoms. The minimum atomic E-state index is -0.556. The number of nitrogens with one attached hydrogen (secondary N) is 1. The van der Waals surface area contributed by atoms with Crippen molar-refractivity contribution in [3.63, 3.8) is 0 Å². The molecule has 5 nitrogen and oxygen atoms in total. The number of imidazole rings is 1. The summed E-state index contributed by atoms with van der Waals surface area (Å²) in [6, 6.07) is 5.20. The quantitative estimate of drug-likeness (QED) is 0.619. The Balaban J connectivity index is 2.63. The van der Waals surface area contributed by atoms with E-state index in [1.54, 1.807) is 25.1 Å². The van der Waals surface area contributed by atoms with Crippen LogP contribution < -0.4 is 11.4 Å². The van der Waals surface area contributed by atoms with E-state index in [9.17, 15) is 9.90 Å². The topological polar surface area (TPSA) is 84.0 Å². The molecule has 0 aliphatic rings. The van der Waals surface area contributed by atoms with Crippen LogP contribution in [0.4, 0.5) is 5.69 Å². The van der Waals surface area contributed by atoms with E-state index in [0.717, 1.165) is 5.52 Å². The Morgan fingerprint density at radius 3 is 3.00 bits per heavy atom. The molecule has 2 rings (SSSR count). The molecule has 0 saturated carbocycles. The van der Waals surface area contributed by atoms with Gasteiger partial charge in [-0.2, -0.15) is 0 Å². The molecule has 0 saturated heterocycles. The van der Waals surface area contributed by atoms with Gasteiger partial charge in [-0.3, -0.25) is 4.57 Å². The Kier molecular flexibility index (Phi) is 2.24. The molecule has 1 atom stereocenters. The lowest BCUT2D eigenvalue weighted by molar-refractivity contribution is 0.174. The lowest BCUT2D eigenvalue weighted by Gasteiger charge is -2.05. The largest absolute Gasteiger partial charge is 0.399 e. The van der Waals surface area contributed by atoms with Crippen molar-refractivity contribution in [3.8, 4) is 0 Å². The second kappa shape index (κ2) is 3.43. The van der Waals surface area contributed by atoms with Gasteiger partial charge in [0.15, 0.2) is 0 Å². The molecule has 1 aromatic carbocycles. The number of aliphatic hydroxyl groups is 1. The van der Waals surface area contributed by atoms with E-state index >= 15 is 0 Å². The molecule has 0 bridgehead atoms. The molecule has 0 aliphatic heterocycles. The summed E-state index contributed by atoms with van der Waals surface area (Å²) in [5, 5.41) is 9.26. The Labute approximate surface area is 86.1 Å². The third-order valence-electron chi connectivity index (χ3n) is 2.24. The van der Waals surface area contributed by atoms with Crippen LogP contribution >= 0.6 is 0 Å². The van der Waals surface area contributed by atoms with E-state index in [1.165, 1.54) is 4.57 Å². The Morgan fingerprint density at radius 2 is 2.33 bits per heavy atom. The molecule has 1 aromatic heterocycles. The molecular formula is C10H13N3O2. The molecule has 1 unspecified atom stereocenters. The van der Waals surface area contributed by atoms with Crippen molar-refractivity contribution in [2.45, 2.75) is 19.6 Å². The minimum Gasteiger partial charge on any atom is -0.399 e. The molecule has 80 valence electrons. The van der Waals surface area contributed by atoms with E-state index in [0.29, 0.717) is 11.2 Å². The number of hydrogen-bond acceptors (Lipinski definition) is 3. The number of aromatic nitrogens is 2. The van der Waals surface area contributed by atoms with Gasteiger partial charge in [-0.1, -0.05) is 0 Å². The molecule has 0 fully saturated rings. The average Bonchev–Trinajstić information content (AvgIpc) is 2.41. The zero-order valence-corrected chi connectivity index (χ0v) is 8.40. The zero-order valence-electron chi connectivity index (χ0n) is 8.40. The first-order valence-corrected chi connectivity index (χ1v) is 4.74. The number of nitrogen functional groups attached to an aromatic ring is 1. The van der Waals surface area contributed by atoms with E-state index in [1.807, 2.05) is 0 Å². The second-order valence-corrected chi connectivity index (χ2v) is 3.67. The van der Waals surface area contributed by atoms with Gasteiger partial charge in [-0.05, 0) is 25.1 Å². The molecule has 15 heavy (non-hydrogen) atoms. The first kappa shape index (κ1) is 9.79. The summed E-state index contributed by atoms with van der Waals surface area (Å²) in [4.78, 5) is 14.2. The summed E-state index contributed by atoms with van der Waals surface area (Å²) >= 11 is 0. The van der Waals surface area contributed by atoms with Crippen LogP contribution in [0.5, 0.6) is 0 Å². The highest BCUT2D eigenvalue weighted by atomic mass is 16.3. The first-order chi connectivity index (χ1) is 7.08. The van der Waals surface area contributed by atoms with Crippen LogP contribution in [0.15, 0.2) is 23.0 Å². The lowest BCUT2D eigenvalue weighted by atomic mass is 10.3. The van der Waals surface area contributed by atoms with Crippen molar-refractivity contribution >= 4 is 16.7 Å². The van der Waals surface area contributed by atoms with E-state index in [2.05, 4.69) is 4.98 Å². The zero-order chi connectivity index (χ0) is 11.0. The van der Waals surface area contributed by atoms with Crippen LogP contribution in [0, 0.1) is 0 Å². The highest BCUT2D eigenvalue weighted by molar-refractivity contribution is 5.78. The van der Waals surface area contributed by atoms with Gasteiger partial charge in [0.1, 0.15) is 0 Å². The second-order valence-electron chi connectivity index (χ2n) is 3.67. The minimum absolute atomic E-state index is 0.225. The predicted molar refractivity (Wildman–Crippen MR) is 58.7 cm³/mol. The maximum Gasteiger partial charge on any atom is 0.326 e. The summed E-state index contributed by atoms with van der Waals surface area (Å²) in [5.74, 6) is 0. The van der Waals surface area contributed by atoms with Crippen molar-refractivity contribution in [3.05, 3.63) is 28.7 Å². The number of H-pyrrole nitrogens is 1. The normalized spacial score (nSPS) is 13.2. The van der Waals surface area contributed by atoms with Gasteiger partial charge in [-0.25, -0.2) is 4.79 Å². The van der Waals surface area contributed by atoms with Crippen LogP contribution in [0.25, 0.3) is 11.0 Å². The molecule has 4 N–H and O–H groups in total. The number of hydrogen-bond donors (Lipinski definition) is 3. The highest BCUT2D eigenvalue weighted by Crippen LogP contribution is 2.14. The van der Waals surface area contributed by atoms with Crippen LogP contribution in [0.2, 0.25) is 0 Å². The van der Waals surface area contributed by atoms with Crippen LogP contribution in [-0.2, 0) is 6.54 Å². The SMILES string of the molecule is CC(O)Cn1c(=O)[nH]c2cc(N)ccc21. The monoisotopic (exact) mass is 207 g/mol. The number of anilines is 1. The number of aromatic amines is 1. The first-order valence-electron chi connectivity index (χ1n) is 4.74. The Hall–Kier alpha value is -1.75. The summed E-state index contributed by atoms with van der Waals surface area (Å²) in [7, 11) is 0. The number of aliphatic hydroxyl groups excluding tert-OH is 1. The summed E-state index contributed by atoms with van der Waals surface area (Å²) in [6.45, 7) is 1.92. The molecule has 1 heterocycles. The van der Waals surface area contributed by atoms with Crippen LogP contribution in [0.1, 0.15) is 6.92 Å². The molecule has 0 aliphatic carbocycles. The van der Waals surface area contributed by atoms with Gasteiger partial charge in [0.05, 0.1) is 23.7 Å². The van der Waals surface area contributed by atoms with Crippen molar-refractivity contribution in [2.24, 2.45) is 0 Å². The van der Waals surface area contributed by atoms with E-state index in [-0.39, 0.29) is 12.2 Å². The fourth-order valence-electron chi connectivity index (χ4n) is 1.63. The van der Waals surface area contributed by atoms with Crippen molar-refractivity contribution in [2.75, 3.05) is 5.73 Å². The highest BCUT2D eigenvalue weighted by Gasteiger charge is 2.08. The molecule has 0 spiro atoms. The van der Waals surface area contributed by atoms with Gasteiger partial charge < -0.3 is 15.8 Å².